The highest BCUT2D eigenvalue weighted by molar-refractivity contribution is 8.00. The van der Waals surface area contributed by atoms with Crippen LogP contribution in [0.1, 0.15) is 6.42 Å². The van der Waals surface area contributed by atoms with Crippen LogP contribution in [0.2, 0.25) is 5.02 Å². The Morgan fingerprint density at radius 1 is 1.25 bits per heavy atom. The van der Waals surface area contributed by atoms with Gasteiger partial charge in [-0.25, -0.2) is 0 Å². The number of benzene rings is 1. The SMILES string of the molecule is O=C(O)C[C@@H](Sc1ccc(Cl)cc1)C(=O)O. The minimum atomic E-state index is -1.14. The van der Waals surface area contributed by atoms with Crippen LogP contribution in [0.4, 0.5) is 0 Å². The molecule has 0 heterocycles. The second kappa shape index (κ2) is 5.77. The van der Waals surface area contributed by atoms with Crippen LogP contribution in [0, 0.1) is 0 Å². The van der Waals surface area contributed by atoms with Crippen molar-refractivity contribution >= 4 is 35.3 Å². The van der Waals surface area contributed by atoms with Crippen LogP contribution < -0.4 is 0 Å². The molecule has 0 aromatic heterocycles. The molecule has 86 valence electrons. The molecule has 4 nitrogen and oxygen atoms in total. The molecule has 1 atom stereocenters. The number of carboxylic acids is 2. The lowest BCUT2D eigenvalue weighted by atomic mass is 10.3. The molecule has 0 saturated carbocycles. The lowest BCUT2D eigenvalue weighted by Gasteiger charge is -2.09. The van der Waals surface area contributed by atoms with Crippen molar-refractivity contribution in [3.05, 3.63) is 29.3 Å². The molecular formula is C10H9ClO4S. The molecular weight excluding hydrogens is 252 g/mol. The highest BCUT2D eigenvalue weighted by atomic mass is 35.5. The van der Waals surface area contributed by atoms with Gasteiger partial charge in [0.2, 0.25) is 0 Å². The number of rotatable bonds is 5. The maximum Gasteiger partial charge on any atom is 0.317 e. The smallest absolute Gasteiger partial charge is 0.317 e. The average Bonchev–Trinajstić information content (AvgIpc) is 2.19. The number of hydrogen-bond donors (Lipinski definition) is 2. The Bertz CT molecular complexity index is 390. The Balaban J connectivity index is 2.71. The Hall–Kier alpha value is -1.20. The van der Waals surface area contributed by atoms with Gasteiger partial charge in [0.1, 0.15) is 5.25 Å². The molecule has 0 aliphatic rings. The van der Waals surface area contributed by atoms with Gasteiger partial charge < -0.3 is 10.2 Å². The summed E-state index contributed by atoms with van der Waals surface area (Å²) < 4.78 is 0. The maximum atomic E-state index is 10.8. The summed E-state index contributed by atoms with van der Waals surface area (Å²) >= 11 is 6.67. The monoisotopic (exact) mass is 260 g/mol. The van der Waals surface area contributed by atoms with Crippen LogP contribution in [0.5, 0.6) is 0 Å². The molecule has 0 aliphatic carbocycles. The van der Waals surface area contributed by atoms with Gasteiger partial charge in [-0.1, -0.05) is 11.6 Å². The summed E-state index contributed by atoms with van der Waals surface area (Å²) in [6, 6.07) is 6.57. The molecule has 1 aromatic carbocycles. The number of thioether (sulfide) groups is 1. The first kappa shape index (κ1) is 12.9. The van der Waals surface area contributed by atoms with Gasteiger partial charge in [0.05, 0.1) is 6.42 Å². The van der Waals surface area contributed by atoms with Crippen LogP contribution >= 0.6 is 23.4 Å². The van der Waals surface area contributed by atoms with Gasteiger partial charge in [0.15, 0.2) is 0 Å². The zero-order valence-electron chi connectivity index (χ0n) is 8.09. The second-order valence-corrected chi connectivity index (χ2v) is 4.71. The molecule has 0 radical (unpaired) electrons. The molecule has 2 N–H and O–H groups in total. The quantitative estimate of drug-likeness (QED) is 0.795. The molecule has 0 saturated heterocycles. The van der Waals surface area contributed by atoms with Gasteiger partial charge in [0.25, 0.3) is 0 Å². The van der Waals surface area contributed by atoms with E-state index in [0.29, 0.717) is 9.92 Å². The van der Waals surface area contributed by atoms with Gasteiger partial charge in [-0.15, -0.1) is 11.8 Å². The normalized spacial score (nSPS) is 12.1. The predicted octanol–water partition coefficient (Wildman–Crippen LogP) is 2.36. The number of halogens is 1. The molecule has 0 bridgehead atoms. The van der Waals surface area contributed by atoms with E-state index < -0.39 is 23.6 Å². The second-order valence-electron chi connectivity index (χ2n) is 3.00. The average molecular weight is 261 g/mol. The van der Waals surface area contributed by atoms with Crippen molar-refractivity contribution in [1.29, 1.82) is 0 Å². The van der Waals surface area contributed by atoms with Crippen molar-refractivity contribution in [2.75, 3.05) is 0 Å². The van der Waals surface area contributed by atoms with E-state index in [0.717, 1.165) is 11.8 Å². The van der Waals surface area contributed by atoms with Crippen molar-refractivity contribution in [3.63, 3.8) is 0 Å². The van der Waals surface area contributed by atoms with Crippen LogP contribution in [-0.4, -0.2) is 27.4 Å². The van der Waals surface area contributed by atoms with E-state index in [4.69, 9.17) is 21.8 Å². The molecule has 0 unspecified atom stereocenters. The van der Waals surface area contributed by atoms with E-state index >= 15 is 0 Å². The Labute approximate surface area is 101 Å². The number of carbonyl (C=O) groups is 2. The lowest BCUT2D eigenvalue weighted by molar-refractivity contribution is -0.142. The minimum absolute atomic E-state index is 0.414. The summed E-state index contributed by atoms with van der Waals surface area (Å²) in [6.45, 7) is 0. The zero-order valence-corrected chi connectivity index (χ0v) is 9.66. The summed E-state index contributed by atoms with van der Waals surface area (Å²) in [5.41, 5.74) is 0. The molecule has 6 heteroatoms. The maximum absolute atomic E-state index is 10.8. The van der Waals surface area contributed by atoms with E-state index in [1.54, 1.807) is 24.3 Å². The van der Waals surface area contributed by atoms with E-state index in [-0.39, 0.29) is 0 Å². The largest absolute Gasteiger partial charge is 0.481 e. The molecule has 0 fully saturated rings. The van der Waals surface area contributed by atoms with Gasteiger partial charge in [-0.2, -0.15) is 0 Å². The third kappa shape index (κ3) is 4.12. The van der Waals surface area contributed by atoms with Crippen molar-refractivity contribution in [1.82, 2.24) is 0 Å². The molecule has 0 aliphatic heterocycles. The van der Waals surface area contributed by atoms with Gasteiger partial charge in [-0.05, 0) is 24.3 Å². The van der Waals surface area contributed by atoms with Gasteiger partial charge >= 0.3 is 11.9 Å². The fourth-order valence-electron chi connectivity index (χ4n) is 1.02. The Kier molecular flexibility index (Phi) is 4.64. The molecule has 0 spiro atoms. The highest BCUT2D eigenvalue weighted by Crippen LogP contribution is 2.26. The summed E-state index contributed by atoms with van der Waals surface area (Å²) in [5, 5.41) is 16.9. The standard InChI is InChI=1S/C10H9ClO4S/c11-6-1-3-7(4-2-6)16-8(10(14)15)5-9(12)13/h1-4,8H,5H2,(H,12,13)(H,14,15)/t8-/m1/s1. The van der Waals surface area contributed by atoms with Gasteiger partial charge in [-0.3, -0.25) is 9.59 Å². The van der Waals surface area contributed by atoms with E-state index in [9.17, 15) is 9.59 Å². The Morgan fingerprint density at radius 2 is 1.81 bits per heavy atom. The van der Waals surface area contributed by atoms with Crippen LogP contribution in [-0.2, 0) is 9.59 Å². The summed E-state index contributed by atoms with van der Waals surface area (Å²) in [4.78, 5) is 21.9. The topological polar surface area (TPSA) is 74.6 Å². The lowest BCUT2D eigenvalue weighted by Crippen LogP contribution is -2.20. The number of carboxylic acid groups (broad SMARTS) is 2. The van der Waals surface area contributed by atoms with Crippen molar-refractivity contribution in [2.24, 2.45) is 0 Å². The van der Waals surface area contributed by atoms with E-state index in [1.165, 1.54) is 0 Å². The first-order valence-corrected chi connectivity index (χ1v) is 5.61. The zero-order chi connectivity index (χ0) is 12.1. The number of hydrogen-bond acceptors (Lipinski definition) is 3. The third-order valence-corrected chi connectivity index (χ3v) is 3.18. The first-order chi connectivity index (χ1) is 7.49. The Morgan fingerprint density at radius 3 is 2.25 bits per heavy atom. The fourth-order valence-corrected chi connectivity index (χ4v) is 2.09. The van der Waals surface area contributed by atoms with Crippen molar-refractivity contribution in [3.8, 4) is 0 Å². The van der Waals surface area contributed by atoms with E-state index in [1.807, 2.05) is 0 Å². The van der Waals surface area contributed by atoms with Crippen LogP contribution in [0.25, 0.3) is 0 Å². The fraction of sp³-hybridized carbons (Fsp3) is 0.200. The third-order valence-electron chi connectivity index (χ3n) is 1.73. The molecule has 1 rings (SSSR count). The number of aliphatic carboxylic acids is 2. The minimum Gasteiger partial charge on any atom is -0.481 e. The first-order valence-electron chi connectivity index (χ1n) is 4.36. The van der Waals surface area contributed by atoms with Crippen molar-refractivity contribution in [2.45, 2.75) is 16.6 Å². The highest BCUT2D eigenvalue weighted by Gasteiger charge is 2.22. The van der Waals surface area contributed by atoms with Crippen LogP contribution in [0.3, 0.4) is 0 Å². The molecule has 0 amide bonds. The molecule has 1 aromatic rings. The summed E-state index contributed by atoms with van der Waals surface area (Å²) in [5.74, 6) is -2.27. The summed E-state index contributed by atoms with van der Waals surface area (Å²) in [7, 11) is 0. The van der Waals surface area contributed by atoms with Crippen LogP contribution in [0.15, 0.2) is 29.2 Å². The van der Waals surface area contributed by atoms with E-state index in [2.05, 4.69) is 0 Å². The summed E-state index contributed by atoms with van der Waals surface area (Å²) in [6.07, 6.45) is -0.414. The van der Waals surface area contributed by atoms with Crippen molar-refractivity contribution < 1.29 is 19.8 Å². The van der Waals surface area contributed by atoms with Gasteiger partial charge in [0, 0.05) is 9.92 Å². The molecule has 16 heavy (non-hydrogen) atoms. The predicted molar refractivity (Wildman–Crippen MR) is 61.0 cm³/mol.